The average molecular weight is 337 g/mol. The van der Waals surface area contributed by atoms with Crippen molar-refractivity contribution in [2.75, 3.05) is 0 Å². The fourth-order valence-corrected chi connectivity index (χ4v) is 4.94. The summed E-state index contributed by atoms with van der Waals surface area (Å²) in [6.45, 7) is 1.62. The highest BCUT2D eigenvalue weighted by Crippen LogP contribution is 2.30. The molecule has 2 aromatic rings. The van der Waals surface area contributed by atoms with Crippen molar-refractivity contribution < 1.29 is 17.4 Å². The number of rotatable bonds is 4. The maximum absolute atomic E-state index is 12.4. The third kappa shape index (κ3) is 2.74. The van der Waals surface area contributed by atoms with Crippen LogP contribution in [0.25, 0.3) is 0 Å². The Morgan fingerprint density at radius 2 is 1.95 bits per heavy atom. The molecule has 0 saturated heterocycles. The zero-order valence-electron chi connectivity index (χ0n) is 12.0. The largest absolute Gasteiger partial charge is 0.379 e. The third-order valence-electron chi connectivity index (χ3n) is 3.66. The van der Waals surface area contributed by atoms with E-state index in [2.05, 4.69) is 0 Å². The fourth-order valence-electron chi connectivity index (χ4n) is 2.61. The number of benzene rings is 1. The first kappa shape index (κ1) is 15.1. The van der Waals surface area contributed by atoms with Gasteiger partial charge in [-0.15, -0.1) is 11.3 Å². The molecule has 1 heterocycles. The smallest absolute Gasteiger partial charge is 0.340 e. The van der Waals surface area contributed by atoms with Gasteiger partial charge in [0.2, 0.25) is 0 Å². The van der Waals surface area contributed by atoms with Crippen LogP contribution < -0.4 is 9.92 Å². The summed E-state index contributed by atoms with van der Waals surface area (Å²) in [7, 11) is -3.97. The van der Waals surface area contributed by atoms with Gasteiger partial charge in [-0.1, -0.05) is 6.07 Å². The first-order chi connectivity index (χ1) is 10.4. The Kier molecular flexibility index (Phi) is 3.70. The van der Waals surface area contributed by atoms with Crippen molar-refractivity contribution in [1.29, 1.82) is 0 Å². The van der Waals surface area contributed by atoms with Crippen LogP contribution in [0.15, 0.2) is 29.2 Å². The van der Waals surface area contributed by atoms with E-state index in [-0.39, 0.29) is 9.77 Å². The normalized spacial score (nSPS) is 13.9. The molecule has 2 N–H and O–H groups in total. The van der Waals surface area contributed by atoms with Gasteiger partial charge < -0.3 is 9.92 Å². The fraction of sp³-hybridized carbons (Fsp3) is 0.267. The molecule has 1 aromatic carbocycles. The lowest BCUT2D eigenvalue weighted by Gasteiger charge is -2.08. The van der Waals surface area contributed by atoms with Crippen LogP contribution in [0.2, 0.25) is 0 Å². The molecule has 5 nitrogen and oxygen atoms in total. The van der Waals surface area contributed by atoms with Gasteiger partial charge in [0.25, 0.3) is 5.91 Å². The van der Waals surface area contributed by atoms with Crippen LogP contribution in [0.5, 0.6) is 5.75 Å². The summed E-state index contributed by atoms with van der Waals surface area (Å²) in [6, 6.07) is 6.61. The highest BCUT2D eigenvalue weighted by Gasteiger charge is 2.24. The van der Waals surface area contributed by atoms with Gasteiger partial charge in [0.05, 0.1) is 4.88 Å². The lowest BCUT2D eigenvalue weighted by atomic mass is 10.1. The maximum Gasteiger partial charge on any atom is 0.340 e. The van der Waals surface area contributed by atoms with Gasteiger partial charge in [-0.3, -0.25) is 4.79 Å². The van der Waals surface area contributed by atoms with Crippen molar-refractivity contribution in [2.45, 2.75) is 31.1 Å². The van der Waals surface area contributed by atoms with E-state index < -0.39 is 16.0 Å². The summed E-state index contributed by atoms with van der Waals surface area (Å²) in [5.74, 6) is -0.348. The first-order valence-corrected chi connectivity index (χ1v) is 9.06. The Labute approximate surface area is 132 Å². The Balaban J connectivity index is 1.92. The molecular formula is C15H15NO4S2. The van der Waals surface area contributed by atoms with Crippen LogP contribution >= 0.6 is 11.3 Å². The zero-order valence-corrected chi connectivity index (χ0v) is 13.6. The molecule has 0 atom stereocenters. The third-order valence-corrected chi connectivity index (χ3v) is 6.23. The summed E-state index contributed by atoms with van der Waals surface area (Å²) < 4.78 is 30.0. The Bertz CT molecular complexity index is 852. The highest BCUT2D eigenvalue weighted by atomic mass is 32.2. The number of primary amides is 1. The summed E-state index contributed by atoms with van der Waals surface area (Å²) >= 11 is 1.05. The predicted molar refractivity (Wildman–Crippen MR) is 83.9 cm³/mol. The molecule has 22 heavy (non-hydrogen) atoms. The minimum Gasteiger partial charge on any atom is -0.379 e. The number of carbonyl (C=O) groups excluding carboxylic acids is 1. The molecule has 1 aromatic heterocycles. The van der Waals surface area contributed by atoms with Gasteiger partial charge in [0.15, 0.2) is 0 Å². The number of aryl methyl sites for hydroxylation is 3. The van der Waals surface area contributed by atoms with Gasteiger partial charge >= 0.3 is 10.1 Å². The molecule has 0 bridgehead atoms. The molecular weight excluding hydrogens is 322 g/mol. The summed E-state index contributed by atoms with van der Waals surface area (Å²) in [5, 5.41) is 0. The second-order valence-corrected chi connectivity index (χ2v) is 7.99. The van der Waals surface area contributed by atoms with Gasteiger partial charge in [0, 0.05) is 4.88 Å². The number of hydrogen-bond acceptors (Lipinski definition) is 5. The number of hydrogen-bond donors (Lipinski definition) is 1. The number of fused-ring (bicyclic) bond motifs is 1. The Hall–Kier alpha value is -1.86. The number of thiophene rings is 1. The van der Waals surface area contributed by atoms with E-state index in [9.17, 15) is 13.2 Å². The second-order valence-electron chi connectivity index (χ2n) is 5.22. The van der Waals surface area contributed by atoms with Crippen molar-refractivity contribution in [3.63, 3.8) is 0 Å². The van der Waals surface area contributed by atoms with Crippen molar-refractivity contribution in [3.8, 4) is 5.75 Å². The van der Waals surface area contributed by atoms with E-state index >= 15 is 0 Å². The van der Waals surface area contributed by atoms with E-state index in [1.165, 1.54) is 11.6 Å². The SMILES string of the molecule is Cc1sc(C(N)=O)cc1S(=O)(=O)Oc1ccc2c(c1)CCC2. The van der Waals surface area contributed by atoms with E-state index in [1.807, 2.05) is 6.07 Å². The molecule has 7 heteroatoms. The molecule has 1 aliphatic rings. The van der Waals surface area contributed by atoms with E-state index in [4.69, 9.17) is 9.92 Å². The standard InChI is InChI=1S/C15H15NO4S2/c1-9-14(8-13(21-9)15(16)17)22(18,19)20-12-6-5-10-3-2-4-11(10)7-12/h5-8H,2-4H2,1H3,(H2,16,17). The molecule has 116 valence electrons. The second kappa shape index (κ2) is 5.40. The van der Waals surface area contributed by atoms with Gasteiger partial charge in [0.1, 0.15) is 10.6 Å². The molecule has 0 radical (unpaired) electrons. The van der Waals surface area contributed by atoms with Gasteiger partial charge in [-0.2, -0.15) is 8.42 Å². The molecule has 0 unspecified atom stereocenters. The van der Waals surface area contributed by atoms with E-state index in [1.54, 1.807) is 19.1 Å². The minimum absolute atomic E-state index is 0.00759. The Morgan fingerprint density at radius 1 is 1.23 bits per heavy atom. The van der Waals surface area contributed by atoms with Crippen molar-refractivity contribution >= 4 is 27.4 Å². The zero-order chi connectivity index (χ0) is 15.9. The topological polar surface area (TPSA) is 86.5 Å². The van der Waals surface area contributed by atoms with Crippen LogP contribution in [-0.2, 0) is 23.0 Å². The van der Waals surface area contributed by atoms with E-state index in [0.29, 0.717) is 10.6 Å². The maximum atomic E-state index is 12.4. The average Bonchev–Trinajstić information content (AvgIpc) is 3.04. The summed E-state index contributed by atoms with van der Waals surface area (Å²) in [6.07, 6.45) is 3.04. The monoisotopic (exact) mass is 337 g/mol. The predicted octanol–water partition coefficient (Wildman–Crippen LogP) is 2.41. The van der Waals surface area contributed by atoms with Crippen molar-refractivity contribution in [1.82, 2.24) is 0 Å². The first-order valence-electron chi connectivity index (χ1n) is 6.83. The molecule has 1 aliphatic carbocycles. The number of nitrogens with two attached hydrogens (primary N) is 1. The Morgan fingerprint density at radius 3 is 2.64 bits per heavy atom. The molecule has 1 amide bonds. The summed E-state index contributed by atoms with van der Waals surface area (Å²) in [4.78, 5) is 11.9. The van der Waals surface area contributed by atoms with E-state index in [0.717, 1.165) is 36.2 Å². The van der Waals surface area contributed by atoms with Gasteiger partial charge in [-0.05, 0) is 55.5 Å². The lowest BCUT2D eigenvalue weighted by molar-refractivity contribution is 0.100. The van der Waals surface area contributed by atoms with Crippen LogP contribution in [-0.4, -0.2) is 14.3 Å². The van der Waals surface area contributed by atoms with Crippen LogP contribution in [0.4, 0.5) is 0 Å². The number of carbonyl (C=O) groups is 1. The molecule has 0 saturated carbocycles. The highest BCUT2D eigenvalue weighted by molar-refractivity contribution is 7.87. The van der Waals surface area contributed by atoms with Crippen LogP contribution in [0.1, 0.15) is 32.1 Å². The minimum atomic E-state index is -3.97. The molecule has 0 spiro atoms. The molecule has 0 fully saturated rings. The molecule has 0 aliphatic heterocycles. The van der Waals surface area contributed by atoms with Crippen LogP contribution in [0, 0.1) is 6.92 Å². The van der Waals surface area contributed by atoms with Crippen molar-refractivity contribution in [2.24, 2.45) is 5.73 Å². The number of amides is 1. The summed E-state index contributed by atoms with van der Waals surface area (Å²) in [5.41, 5.74) is 7.56. The van der Waals surface area contributed by atoms with Crippen molar-refractivity contribution in [3.05, 3.63) is 45.1 Å². The van der Waals surface area contributed by atoms with Crippen LogP contribution in [0.3, 0.4) is 0 Å². The van der Waals surface area contributed by atoms with Gasteiger partial charge in [-0.25, -0.2) is 0 Å². The molecule has 3 rings (SSSR count). The quantitative estimate of drug-likeness (QED) is 0.868. The lowest BCUT2D eigenvalue weighted by Crippen LogP contribution is -2.11.